The van der Waals surface area contributed by atoms with Crippen LogP contribution >= 0.6 is 0 Å². The fraction of sp³-hybridized carbons (Fsp3) is 0.667. The Morgan fingerprint density at radius 1 is 1.27 bits per heavy atom. The molecule has 0 unspecified atom stereocenters. The van der Waals surface area contributed by atoms with E-state index in [1.807, 2.05) is 0 Å². The van der Waals surface area contributed by atoms with Crippen molar-refractivity contribution in [3.05, 3.63) is 21.7 Å². The number of ether oxygens (including phenoxy) is 1. The number of nitrogens with one attached hydrogen (secondary N) is 2. The summed E-state index contributed by atoms with van der Waals surface area (Å²) >= 11 is 0. The molecule has 1 heterocycles. The topological polar surface area (TPSA) is 106 Å². The van der Waals surface area contributed by atoms with Crippen molar-refractivity contribution < 1.29 is 14.5 Å². The molecule has 1 aromatic heterocycles. The number of carbonyl (C=O) groups is 1. The Morgan fingerprint density at radius 2 is 1.92 bits per heavy atom. The van der Waals surface area contributed by atoms with Gasteiger partial charge in [-0.1, -0.05) is 6.92 Å². The predicted octanol–water partition coefficient (Wildman–Crippen LogP) is 3.27. The van der Waals surface area contributed by atoms with Gasteiger partial charge in [-0.15, -0.1) is 0 Å². The van der Waals surface area contributed by atoms with E-state index in [2.05, 4.69) is 22.5 Å². The third-order valence-electron chi connectivity index (χ3n) is 4.96. The SMILES string of the molecule is CCOc1nc(NC2CC2)c([N+](=O)[O-])cc1C(=O)N[C@H]1CC[C@H](C)CC1. The Morgan fingerprint density at radius 3 is 2.50 bits per heavy atom. The number of nitro groups is 1. The second kappa shape index (κ2) is 7.88. The van der Waals surface area contributed by atoms with Crippen LogP contribution in [0.15, 0.2) is 6.07 Å². The molecular formula is C18H26N4O4. The van der Waals surface area contributed by atoms with Crippen LogP contribution < -0.4 is 15.4 Å². The first kappa shape index (κ1) is 18.4. The number of anilines is 1. The van der Waals surface area contributed by atoms with Crippen molar-refractivity contribution in [2.45, 2.75) is 64.5 Å². The minimum absolute atomic E-state index is 0.0940. The van der Waals surface area contributed by atoms with E-state index in [1.54, 1.807) is 6.92 Å². The molecule has 2 aliphatic carbocycles. The molecule has 0 saturated heterocycles. The fourth-order valence-electron chi connectivity index (χ4n) is 3.23. The first-order chi connectivity index (χ1) is 12.5. The van der Waals surface area contributed by atoms with E-state index in [1.165, 1.54) is 6.07 Å². The van der Waals surface area contributed by atoms with Gasteiger partial charge in [-0.3, -0.25) is 14.9 Å². The lowest BCUT2D eigenvalue weighted by molar-refractivity contribution is -0.384. The first-order valence-corrected chi connectivity index (χ1v) is 9.37. The number of hydrogen-bond acceptors (Lipinski definition) is 6. The van der Waals surface area contributed by atoms with Crippen LogP contribution in [0.25, 0.3) is 0 Å². The maximum atomic E-state index is 12.7. The molecule has 1 amide bonds. The average molecular weight is 362 g/mol. The van der Waals surface area contributed by atoms with E-state index < -0.39 is 4.92 Å². The third kappa shape index (κ3) is 4.42. The Bertz CT molecular complexity index is 682. The Balaban J connectivity index is 1.84. The van der Waals surface area contributed by atoms with Gasteiger partial charge < -0.3 is 15.4 Å². The largest absolute Gasteiger partial charge is 0.477 e. The van der Waals surface area contributed by atoms with Crippen molar-refractivity contribution >= 4 is 17.4 Å². The highest BCUT2D eigenvalue weighted by Crippen LogP contribution is 2.33. The standard InChI is InChI=1S/C18H26N4O4/c1-3-26-18-14(17(23)20-13-6-4-11(2)5-7-13)10-15(22(24)25)16(21-18)19-12-8-9-12/h10-13H,3-9H2,1-2H3,(H,19,21)(H,20,23)/t11-,13-. The normalized spacial score (nSPS) is 22.5. The molecule has 3 rings (SSSR count). The molecule has 0 spiro atoms. The Labute approximate surface area is 152 Å². The van der Waals surface area contributed by atoms with Crippen LogP contribution in [0.2, 0.25) is 0 Å². The monoisotopic (exact) mass is 362 g/mol. The molecule has 26 heavy (non-hydrogen) atoms. The summed E-state index contributed by atoms with van der Waals surface area (Å²) < 4.78 is 5.51. The summed E-state index contributed by atoms with van der Waals surface area (Å²) in [5.41, 5.74) is -0.0683. The van der Waals surface area contributed by atoms with Gasteiger partial charge >= 0.3 is 5.69 Å². The highest BCUT2D eigenvalue weighted by molar-refractivity contribution is 5.97. The van der Waals surface area contributed by atoms with E-state index >= 15 is 0 Å². The molecule has 0 atom stereocenters. The van der Waals surface area contributed by atoms with Crippen molar-refractivity contribution in [2.24, 2.45) is 5.92 Å². The van der Waals surface area contributed by atoms with Crippen molar-refractivity contribution in [1.82, 2.24) is 10.3 Å². The molecule has 0 aromatic carbocycles. The van der Waals surface area contributed by atoms with E-state index in [9.17, 15) is 14.9 Å². The number of amides is 1. The van der Waals surface area contributed by atoms with Gasteiger partial charge in [0.1, 0.15) is 5.56 Å². The van der Waals surface area contributed by atoms with Crippen LogP contribution in [0, 0.1) is 16.0 Å². The number of carbonyl (C=O) groups excluding carboxylic acids is 1. The van der Waals surface area contributed by atoms with Crippen LogP contribution in [0.3, 0.4) is 0 Å². The summed E-state index contributed by atoms with van der Waals surface area (Å²) in [6.45, 7) is 4.33. The molecule has 2 fully saturated rings. The summed E-state index contributed by atoms with van der Waals surface area (Å²) in [5.74, 6) is 0.631. The summed E-state index contributed by atoms with van der Waals surface area (Å²) in [5, 5.41) is 17.5. The molecular weight excluding hydrogens is 336 g/mol. The lowest BCUT2D eigenvalue weighted by atomic mass is 9.87. The second-order valence-corrected chi connectivity index (χ2v) is 7.25. The third-order valence-corrected chi connectivity index (χ3v) is 4.96. The minimum atomic E-state index is -0.507. The molecule has 8 heteroatoms. The molecule has 0 aliphatic heterocycles. The Kier molecular flexibility index (Phi) is 5.58. The lowest BCUT2D eigenvalue weighted by Gasteiger charge is -2.27. The maximum Gasteiger partial charge on any atom is 0.312 e. The molecule has 1 aromatic rings. The van der Waals surface area contributed by atoms with Crippen molar-refractivity contribution in [3.8, 4) is 5.88 Å². The molecule has 2 N–H and O–H groups in total. The highest BCUT2D eigenvalue weighted by Gasteiger charge is 2.30. The maximum absolute atomic E-state index is 12.7. The van der Waals surface area contributed by atoms with Crippen LogP contribution in [0.1, 0.15) is 62.7 Å². The van der Waals surface area contributed by atoms with Gasteiger partial charge in [0.05, 0.1) is 11.5 Å². The quantitative estimate of drug-likeness (QED) is 0.569. The van der Waals surface area contributed by atoms with Crippen molar-refractivity contribution in [2.75, 3.05) is 11.9 Å². The molecule has 0 bridgehead atoms. The molecule has 8 nitrogen and oxygen atoms in total. The summed E-state index contributed by atoms with van der Waals surface area (Å²) in [4.78, 5) is 27.9. The van der Waals surface area contributed by atoms with Crippen LogP contribution in [-0.2, 0) is 0 Å². The molecule has 0 radical (unpaired) electrons. The van der Waals surface area contributed by atoms with Gasteiger partial charge in [0.15, 0.2) is 0 Å². The Hall–Kier alpha value is -2.38. The zero-order chi connectivity index (χ0) is 18.7. The van der Waals surface area contributed by atoms with Gasteiger partial charge in [-0.2, -0.15) is 4.98 Å². The fourth-order valence-corrected chi connectivity index (χ4v) is 3.23. The van der Waals surface area contributed by atoms with E-state index in [0.29, 0.717) is 12.5 Å². The number of hydrogen-bond donors (Lipinski definition) is 2. The van der Waals surface area contributed by atoms with E-state index in [-0.39, 0.29) is 40.9 Å². The smallest absolute Gasteiger partial charge is 0.312 e. The average Bonchev–Trinajstić information content (AvgIpc) is 3.41. The van der Waals surface area contributed by atoms with Gasteiger partial charge in [0.2, 0.25) is 11.7 Å². The minimum Gasteiger partial charge on any atom is -0.477 e. The number of aromatic nitrogens is 1. The van der Waals surface area contributed by atoms with Crippen molar-refractivity contribution in [1.29, 1.82) is 0 Å². The van der Waals surface area contributed by atoms with E-state index in [4.69, 9.17) is 4.74 Å². The van der Waals surface area contributed by atoms with Gasteiger partial charge in [0, 0.05) is 18.2 Å². The predicted molar refractivity (Wildman–Crippen MR) is 97.6 cm³/mol. The zero-order valence-electron chi connectivity index (χ0n) is 15.3. The van der Waals surface area contributed by atoms with Crippen LogP contribution in [0.5, 0.6) is 5.88 Å². The molecule has 2 saturated carbocycles. The zero-order valence-corrected chi connectivity index (χ0v) is 15.3. The summed E-state index contributed by atoms with van der Waals surface area (Å²) in [7, 11) is 0. The summed E-state index contributed by atoms with van der Waals surface area (Å²) in [6.07, 6.45) is 5.93. The van der Waals surface area contributed by atoms with Crippen molar-refractivity contribution in [3.63, 3.8) is 0 Å². The molecule has 142 valence electrons. The highest BCUT2D eigenvalue weighted by atomic mass is 16.6. The summed E-state index contributed by atoms with van der Waals surface area (Å²) in [6, 6.07) is 1.58. The van der Waals surface area contributed by atoms with Crippen LogP contribution in [0.4, 0.5) is 11.5 Å². The number of pyridine rings is 1. The van der Waals surface area contributed by atoms with Crippen LogP contribution in [-0.4, -0.2) is 34.5 Å². The number of nitrogens with zero attached hydrogens (tertiary/aromatic N) is 2. The van der Waals surface area contributed by atoms with E-state index in [0.717, 1.165) is 38.5 Å². The first-order valence-electron chi connectivity index (χ1n) is 9.37. The lowest BCUT2D eigenvalue weighted by Crippen LogP contribution is -2.37. The molecule has 2 aliphatic rings. The van der Waals surface area contributed by atoms with Gasteiger partial charge in [-0.25, -0.2) is 0 Å². The number of rotatable bonds is 7. The van der Waals surface area contributed by atoms with Gasteiger partial charge in [-0.05, 0) is 51.4 Å². The van der Waals surface area contributed by atoms with Gasteiger partial charge in [0.25, 0.3) is 5.91 Å². The second-order valence-electron chi connectivity index (χ2n) is 7.25.